The summed E-state index contributed by atoms with van der Waals surface area (Å²) in [5.41, 5.74) is 0.756. The predicted octanol–water partition coefficient (Wildman–Crippen LogP) is 0.768. The Morgan fingerprint density at radius 3 is 2.67 bits per heavy atom. The minimum Gasteiger partial charge on any atom is -0.617 e. The maximum atomic E-state index is 12.1. The average molecular weight is 127 g/mol. The number of aryl methyl sites for hydroxylation is 1. The fourth-order valence-corrected chi connectivity index (χ4v) is 0.563. The Morgan fingerprint density at radius 2 is 2.22 bits per heavy atom. The van der Waals surface area contributed by atoms with Crippen molar-refractivity contribution in [3.05, 3.63) is 35.0 Å². The van der Waals surface area contributed by atoms with Crippen molar-refractivity contribution in [1.82, 2.24) is 0 Å². The minimum atomic E-state index is -0.763. The fourth-order valence-electron chi connectivity index (χ4n) is 0.563. The topological polar surface area (TPSA) is 26.9 Å². The van der Waals surface area contributed by atoms with E-state index in [4.69, 9.17) is 0 Å². The van der Waals surface area contributed by atoms with Gasteiger partial charge < -0.3 is 5.21 Å². The summed E-state index contributed by atoms with van der Waals surface area (Å²) in [5.74, 6) is -0.763. The van der Waals surface area contributed by atoms with Gasteiger partial charge in [0.25, 0.3) is 0 Å². The lowest BCUT2D eigenvalue weighted by Crippen LogP contribution is -2.30. The summed E-state index contributed by atoms with van der Waals surface area (Å²) >= 11 is 0. The summed E-state index contributed by atoms with van der Waals surface area (Å²) < 4.78 is 12.4. The zero-order valence-corrected chi connectivity index (χ0v) is 4.97. The maximum Gasteiger partial charge on any atom is 0.370 e. The second-order valence-corrected chi connectivity index (χ2v) is 1.85. The molecular weight excluding hydrogens is 121 g/mol. The van der Waals surface area contributed by atoms with E-state index in [0.717, 1.165) is 11.6 Å². The van der Waals surface area contributed by atoms with Crippen LogP contribution >= 0.6 is 0 Å². The molecule has 0 bridgehead atoms. The third-order valence-corrected chi connectivity index (χ3v) is 1.02. The Kier molecular flexibility index (Phi) is 1.34. The van der Waals surface area contributed by atoms with Crippen LogP contribution in [0.2, 0.25) is 0 Å². The zero-order chi connectivity index (χ0) is 6.85. The quantitative estimate of drug-likeness (QED) is 0.287. The smallest absolute Gasteiger partial charge is 0.370 e. The molecule has 0 fully saturated rings. The van der Waals surface area contributed by atoms with Crippen LogP contribution in [0.15, 0.2) is 18.3 Å². The summed E-state index contributed by atoms with van der Waals surface area (Å²) in [5, 5.41) is 10.4. The molecule has 0 aliphatic carbocycles. The predicted molar refractivity (Wildman–Crippen MR) is 30.1 cm³/mol. The van der Waals surface area contributed by atoms with E-state index in [2.05, 4.69) is 0 Å². The van der Waals surface area contributed by atoms with Crippen molar-refractivity contribution in [2.45, 2.75) is 6.92 Å². The van der Waals surface area contributed by atoms with Crippen LogP contribution in [0.5, 0.6) is 0 Å². The first-order valence-corrected chi connectivity index (χ1v) is 2.55. The molecule has 0 amide bonds. The average Bonchev–Trinajstić information content (AvgIpc) is 1.80. The zero-order valence-electron chi connectivity index (χ0n) is 4.97. The van der Waals surface area contributed by atoms with E-state index >= 15 is 0 Å². The first-order chi connectivity index (χ1) is 4.20. The van der Waals surface area contributed by atoms with Gasteiger partial charge in [0.05, 0.1) is 0 Å². The van der Waals surface area contributed by atoms with E-state index in [9.17, 15) is 9.60 Å². The highest BCUT2D eigenvalue weighted by Gasteiger charge is 1.99. The molecule has 0 atom stereocenters. The molecule has 0 unspecified atom stereocenters. The normalized spacial score (nSPS) is 9.56. The summed E-state index contributed by atoms with van der Waals surface area (Å²) in [4.78, 5) is 0. The maximum absolute atomic E-state index is 12.1. The second kappa shape index (κ2) is 2.01. The van der Waals surface area contributed by atoms with Crippen molar-refractivity contribution in [3.8, 4) is 0 Å². The lowest BCUT2D eigenvalue weighted by Gasteiger charge is -1.95. The third-order valence-electron chi connectivity index (χ3n) is 1.02. The van der Waals surface area contributed by atoms with Gasteiger partial charge in [-0.3, -0.25) is 0 Å². The molecule has 9 heavy (non-hydrogen) atoms. The van der Waals surface area contributed by atoms with E-state index in [1.54, 1.807) is 13.0 Å². The number of nitrogens with zero attached hydrogens (tertiary/aromatic N) is 1. The van der Waals surface area contributed by atoms with Gasteiger partial charge in [-0.2, -0.15) is 0 Å². The van der Waals surface area contributed by atoms with E-state index in [0.29, 0.717) is 0 Å². The number of hydrogen-bond acceptors (Lipinski definition) is 1. The Labute approximate surface area is 52.1 Å². The van der Waals surface area contributed by atoms with Crippen molar-refractivity contribution >= 4 is 0 Å². The van der Waals surface area contributed by atoms with Gasteiger partial charge in [-0.05, 0) is 13.0 Å². The van der Waals surface area contributed by atoms with Gasteiger partial charge >= 0.3 is 5.95 Å². The molecule has 0 N–H and O–H groups in total. The molecule has 0 saturated heterocycles. The number of halogens is 1. The van der Waals surface area contributed by atoms with Crippen molar-refractivity contribution in [2.24, 2.45) is 0 Å². The first-order valence-electron chi connectivity index (χ1n) is 2.55. The van der Waals surface area contributed by atoms with Crippen LogP contribution in [0.25, 0.3) is 0 Å². The summed E-state index contributed by atoms with van der Waals surface area (Å²) in [6, 6.07) is 2.69. The van der Waals surface area contributed by atoms with E-state index in [1.165, 1.54) is 6.20 Å². The van der Waals surface area contributed by atoms with E-state index < -0.39 is 5.95 Å². The molecule has 1 heterocycles. The van der Waals surface area contributed by atoms with Gasteiger partial charge in [0, 0.05) is 11.6 Å². The van der Waals surface area contributed by atoms with E-state index in [-0.39, 0.29) is 4.73 Å². The molecule has 3 heteroatoms. The van der Waals surface area contributed by atoms with Crippen LogP contribution in [-0.2, 0) is 0 Å². The molecule has 0 saturated carbocycles. The molecule has 0 radical (unpaired) electrons. The number of rotatable bonds is 0. The second-order valence-electron chi connectivity index (χ2n) is 1.85. The summed E-state index contributed by atoms with van der Waals surface area (Å²) in [6.07, 6.45) is 1.19. The van der Waals surface area contributed by atoms with Crippen LogP contribution in [0.4, 0.5) is 4.39 Å². The van der Waals surface area contributed by atoms with E-state index in [1.807, 2.05) is 0 Å². The Bertz CT molecular complexity index is 224. The highest BCUT2D eigenvalue weighted by Crippen LogP contribution is 1.92. The van der Waals surface area contributed by atoms with Gasteiger partial charge in [0.1, 0.15) is 0 Å². The summed E-state index contributed by atoms with van der Waals surface area (Å²) in [6.45, 7) is 1.73. The molecule has 0 aliphatic heterocycles. The first kappa shape index (κ1) is 6.01. The van der Waals surface area contributed by atoms with Crippen LogP contribution in [0.3, 0.4) is 0 Å². The highest BCUT2D eigenvalue weighted by atomic mass is 19.1. The van der Waals surface area contributed by atoms with Crippen LogP contribution in [0.1, 0.15) is 5.56 Å². The lowest BCUT2D eigenvalue weighted by atomic mass is 10.3. The standard InChI is InChI=1S/C6H6FNO/c1-5-2-3-6(7)8(9)4-5/h2-4H,1H3. The Hall–Kier alpha value is -1.12. The van der Waals surface area contributed by atoms with Crippen molar-refractivity contribution in [2.75, 3.05) is 0 Å². The lowest BCUT2D eigenvalue weighted by molar-refractivity contribution is -0.637. The van der Waals surface area contributed by atoms with Crippen LogP contribution in [-0.4, -0.2) is 0 Å². The molecule has 0 aromatic carbocycles. The molecule has 1 rings (SSSR count). The van der Waals surface area contributed by atoms with Crippen LogP contribution < -0.4 is 4.73 Å². The van der Waals surface area contributed by atoms with Crippen LogP contribution in [0, 0.1) is 18.1 Å². The molecule has 0 spiro atoms. The molecule has 48 valence electrons. The number of pyridine rings is 1. The molecule has 0 aliphatic rings. The van der Waals surface area contributed by atoms with Crippen molar-refractivity contribution < 1.29 is 9.12 Å². The van der Waals surface area contributed by atoms with Gasteiger partial charge in [0.15, 0.2) is 6.20 Å². The molecular formula is C6H6FNO. The Balaban J connectivity index is 3.17. The fraction of sp³-hybridized carbons (Fsp3) is 0.167. The molecule has 1 aromatic heterocycles. The third kappa shape index (κ3) is 1.16. The highest BCUT2D eigenvalue weighted by molar-refractivity contribution is 5.02. The van der Waals surface area contributed by atoms with Crippen molar-refractivity contribution in [3.63, 3.8) is 0 Å². The van der Waals surface area contributed by atoms with Gasteiger partial charge in [-0.25, -0.2) is 0 Å². The largest absolute Gasteiger partial charge is 0.617 e. The SMILES string of the molecule is Cc1ccc(F)[n+]([O-])c1. The minimum absolute atomic E-state index is 0.204. The molecule has 1 aromatic rings. The monoisotopic (exact) mass is 127 g/mol. The van der Waals surface area contributed by atoms with Gasteiger partial charge in [0.2, 0.25) is 0 Å². The van der Waals surface area contributed by atoms with Gasteiger partial charge in [-0.1, -0.05) is 0 Å². The van der Waals surface area contributed by atoms with Crippen molar-refractivity contribution in [1.29, 1.82) is 0 Å². The number of aromatic nitrogens is 1. The summed E-state index contributed by atoms with van der Waals surface area (Å²) in [7, 11) is 0. The Morgan fingerprint density at radius 1 is 1.56 bits per heavy atom. The molecule has 2 nitrogen and oxygen atoms in total. The number of hydrogen-bond donors (Lipinski definition) is 0. The van der Waals surface area contributed by atoms with Gasteiger partial charge in [-0.15, -0.1) is 9.12 Å².